The number of thiophene rings is 1. The fourth-order valence-corrected chi connectivity index (χ4v) is 4.36. The molecule has 3 aromatic rings. The van der Waals surface area contributed by atoms with Gasteiger partial charge in [0.1, 0.15) is 5.76 Å². The van der Waals surface area contributed by atoms with Crippen LogP contribution in [0.2, 0.25) is 0 Å². The largest absolute Gasteiger partial charge is 0.467 e. The summed E-state index contributed by atoms with van der Waals surface area (Å²) in [4.78, 5) is 28.5. The number of nitrogens with one attached hydrogen (secondary N) is 1. The normalized spacial score (nSPS) is 19.4. The summed E-state index contributed by atoms with van der Waals surface area (Å²) >= 11 is 1.57. The molecule has 0 unspecified atom stereocenters. The third kappa shape index (κ3) is 3.53. The summed E-state index contributed by atoms with van der Waals surface area (Å²) < 4.78 is 5.28. The van der Waals surface area contributed by atoms with Crippen molar-refractivity contribution in [3.63, 3.8) is 0 Å². The van der Waals surface area contributed by atoms with Crippen molar-refractivity contribution in [2.24, 2.45) is 5.92 Å². The highest BCUT2D eigenvalue weighted by molar-refractivity contribution is 7.10. The molecule has 3 heterocycles. The number of amides is 2. The third-order valence-corrected chi connectivity index (χ3v) is 5.77. The number of rotatable bonds is 5. The van der Waals surface area contributed by atoms with Gasteiger partial charge in [-0.3, -0.25) is 9.59 Å². The molecule has 1 N–H and O–H groups in total. The minimum Gasteiger partial charge on any atom is -0.467 e. The van der Waals surface area contributed by atoms with Gasteiger partial charge in [-0.2, -0.15) is 0 Å². The Morgan fingerprint density at radius 2 is 2.04 bits per heavy atom. The molecule has 4 rings (SSSR count). The lowest BCUT2D eigenvalue weighted by Crippen LogP contribution is -2.35. The van der Waals surface area contributed by atoms with Crippen molar-refractivity contribution in [2.75, 3.05) is 4.90 Å². The van der Waals surface area contributed by atoms with Gasteiger partial charge in [-0.25, -0.2) is 0 Å². The van der Waals surface area contributed by atoms with Crippen LogP contribution in [0.4, 0.5) is 5.69 Å². The van der Waals surface area contributed by atoms with Gasteiger partial charge in [0.25, 0.3) is 0 Å². The molecule has 27 heavy (non-hydrogen) atoms. The third-order valence-electron chi connectivity index (χ3n) is 4.82. The molecule has 1 aliphatic rings. The Morgan fingerprint density at radius 1 is 1.22 bits per heavy atom. The summed E-state index contributed by atoms with van der Waals surface area (Å²) in [5.41, 5.74) is 1.95. The summed E-state index contributed by atoms with van der Waals surface area (Å²) in [6.07, 6.45) is 1.77. The molecule has 6 heteroatoms. The van der Waals surface area contributed by atoms with Crippen LogP contribution in [-0.2, 0) is 16.1 Å². The van der Waals surface area contributed by atoms with E-state index in [-0.39, 0.29) is 24.3 Å². The Kier molecular flexibility index (Phi) is 4.81. The molecule has 138 valence electrons. The average molecular weight is 380 g/mol. The van der Waals surface area contributed by atoms with Gasteiger partial charge in [0.2, 0.25) is 11.8 Å². The molecular formula is C21H20N2O3S. The van der Waals surface area contributed by atoms with E-state index in [1.165, 1.54) is 0 Å². The van der Waals surface area contributed by atoms with Crippen LogP contribution in [0.25, 0.3) is 0 Å². The molecule has 1 aromatic carbocycles. The van der Waals surface area contributed by atoms with Crippen molar-refractivity contribution in [3.05, 3.63) is 76.4 Å². The molecule has 0 aliphatic carbocycles. The molecule has 2 amide bonds. The van der Waals surface area contributed by atoms with Crippen molar-refractivity contribution in [3.8, 4) is 0 Å². The first kappa shape index (κ1) is 17.5. The minimum atomic E-state index is -0.438. The standard InChI is InChI=1S/C21H20N2O3S/c1-14-6-8-15(9-7-14)23-19(24)12-17(20(23)18-5-3-11-27-18)21(25)22-13-16-4-2-10-26-16/h2-11,17,20H,12-13H2,1H3,(H,22,25)/t17-,20+/m1/s1. The lowest BCUT2D eigenvalue weighted by atomic mass is 9.97. The zero-order valence-corrected chi connectivity index (χ0v) is 15.7. The van der Waals surface area contributed by atoms with Gasteiger partial charge >= 0.3 is 0 Å². The minimum absolute atomic E-state index is 0.0320. The Hall–Kier alpha value is -2.86. The van der Waals surface area contributed by atoms with E-state index in [4.69, 9.17) is 4.42 Å². The van der Waals surface area contributed by atoms with E-state index in [1.54, 1.807) is 28.6 Å². The highest BCUT2D eigenvalue weighted by Gasteiger charge is 2.45. The van der Waals surface area contributed by atoms with E-state index in [1.807, 2.05) is 54.8 Å². The van der Waals surface area contributed by atoms with Gasteiger partial charge in [0, 0.05) is 17.0 Å². The van der Waals surface area contributed by atoms with Crippen molar-refractivity contribution < 1.29 is 14.0 Å². The average Bonchev–Trinajstić information content (AvgIpc) is 3.41. The summed E-state index contributed by atoms with van der Waals surface area (Å²) in [5, 5.41) is 4.89. The molecule has 5 nitrogen and oxygen atoms in total. The van der Waals surface area contributed by atoms with Gasteiger partial charge < -0.3 is 14.6 Å². The van der Waals surface area contributed by atoms with Crippen LogP contribution in [0.1, 0.15) is 28.7 Å². The molecule has 0 radical (unpaired) electrons. The zero-order chi connectivity index (χ0) is 18.8. The maximum atomic E-state index is 12.9. The topological polar surface area (TPSA) is 62.6 Å². The highest BCUT2D eigenvalue weighted by atomic mass is 32.1. The summed E-state index contributed by atoms with van der Waals surface area (Å²) in [5.74, 6) is 0.0892. The van der Waals surface area contributed by atoms with Crippen LogP contribution in [0.15, 0.2) is 64.6 Å². The number of aryl methyl sites for hydroxylation is 1. The molecule has 1 fully saturated rings. The van der Waals surface area contributed by atoms with Gasteiger partial charge in [-0.05, 0) is 42.6 Å². The van der Waals surface area contributed by atoms with Crippen molar-refractivity contribution in [2.45, 2.75) is 25.9 Å². The molecule has 0 bridgehead atoms. The number of carbonyl (C=O) groups excluding carboxylic acids is 2. The second-order valence-electron chi connectivity index (χ2n) is 6.67. The van der Waals surface area contributed by atoms with Crippen LogP contribution < -0.4 is 10.2 Å². The second-order valence-corrected chi connectivity index (χ2v) is 7.65. The summed E-state index contributed by atoms with van der Waals surface area (Å²) in [6.45, 7) is 2.33. The van der Waals surface area contributed by atoms with Gasteiger partial charge in [0.15, 0.2) is 0 Å². The molecule has 2 aromatic heterocycles. The van der Waals surface area contributed by atoms with Crippen molar-refractivity contribution in [1.82, 2.24) is 5.32 Å². The van der Waals surface area contributed by atoms with E-state index in [0.29, 0.717) is 12.3 Å². The Bertz CT molecular complexity index is 917. The number of carbonyl (C=O) groups is 2. The number of anilines is 1. The molecule has 0 spiro atoms. The van der Waals surface area contributed by atoms with E-state index in [0.717, 1.165) is 16.1 Å². The van der Waals surface area contributed by atoms with Crippen LogP contribution in [-0.4, -0.2) is 11.8 Å². The second kappa shape index (κ2) is 7.40. The maximum absolute atomic E-state index is 12.9. The van der Waals surface area contributed by atoms with Gasteiger partial charge in [-0.1, -0.05) is 23.8 Å². The first-order valence-electron chi connectivity index (χ1n) is 8.85. The Morgan fingerprint density at radius 3 is 2.70 bits per heavy atom. The number of benzene rings is 1. The molecular weight excluding hydrogens is 360 g/mol. The monoisotopic (exact) mass is 380 g/mol. The zero-order valence-electron chi connectivity index (χ0n) is 14.9. The van der Waals surface area contributed by atoms with Gasteiger partial charge in [0.05, 0.1) is 24.8 Å². The smallest absolute Gasteiger partial charge is 0.228 e. The molecule has 1 saturated heterocycles. The lowest BCUT2D eigenvalue weighted by molar-refractivity contribution is -0.127. The Balaban J connectivity index is 1.62. The van der Waals surface area contributed by atoms with Gasteiger partial charge in [-0.15, -0.1) is 11.3 Å². The lowest BCUT2D eigenvalue weighted by Gasteiger charge is -2.27. The summed E-state index contributed by atoms with van der Waals surface area (Å²) in [6, 6.07) is 15.1. The van der Waals surface area contributed by atoms with Crippen molar-refractivity contribution >= 4 is 28.8 Å². The van der Waals surface area contributed by atoms with Crippen LogP contribution in [0.3, 0.4) is 0 Å². The highest BCUT2D eigenvalue weighted by Crippen LogP contribution is 2.43. The first-order chi connectivity index (χ1) is 13.1. The van der Waals surface area contributed by atoms with E-state index >= 15 is 0 Å². The molecule has 2 atom stereocenters. The van der Waals surface area contributed by atoms with E-state index < -0.39 is 5.92 Å². The number of nitrogens with zero attached hydrogens (tertiary/aromatic N) is 1. The predicted octanol–water partition coefficient (Wildman–Crippen LogP) is 4.06. The number of hydrogen-bond donors (Lipinski definition) is 1. The van der Waals surface area contributed by atoms with E-state index in [2.05, 4.69) is 5.32 Å². The van der Waals surface area contributed by atoms with Crippen molar-refractivity contribution in [1.29, 1.82) is 0 Å². The fourth-order valence-electron chi connectivity index (χ4n) is 3.48. The van der Waals surface area contributed by atoms with E-state index in [9.17, 15) is 9.59 Å². The SMILES string of the molecule is Cc1ccc(N2C(=O)C[C@@H](C(=O)NCc3ccco3)[C@H]2c2cccs2)cc1. The Labute approximate surface area is 161 Å². The van der Waals surface area contributed by atoms with Crippen LogP contribution in [0, 0.1) is 12.8 Å². The van der Waals surface area contributed by atoms with Crippen LogP contribution >= 0.6 is 11.3 Å². The molecule has 0 saturated carbocycles. The summed E-state index contributed by atoms with van der Waals surface area (Å²) in [7, 11) is 0. The number of hydrogen-bond acceptors (Lipinski definition) is 4. The number of furan rings is 1. The molecule has 1 aliphatic heterocycles. The first-order valence-corrected chi connectivity index (χ1v) is 9.73. The predicted molar refractivity (Wildman–Crippen MR) is 104 cm³/mol. The fraction of sp³-hybridized carbons (Fsp3) is 0.238. The van der Waals surface area contributed by atoms with Crippen LogP contribution in [0.5, 0.6) is 0 Å². The quantitative estimate of drug-likeness (QED) is 0.726. The maximum Gasteiger partial charge on any atom is 0.228 e.